The summed E-state index contributed by atoms with van der Waals surface area (Å²) in [5, 5.41) is 8.57. The van der Waals surface area contributed by atoms with Gasteiger partial charge in [0.1, 0.15) is 0 Å². The number of carbonyl (C=O) groups is 1. The molecule has 0 aliphatic heterocycles. The number of ether oxygens (including phenoxy) is 1. The van der Waals surface area contributed by atoms with Crippen LogP contribution in [-0.2, 0) is 4.74 Å². The lowest BCUT2D eigenvalue weighted by atomic mass is 10.5. The molecular weight excluding hydrogens is 189 g/mol. The van der Waals surface area contributed by atoms with E-state index < -0.39 is 17.8 Å². The molecule has 0 rings (SSSR count). The van der Waals surface area contributed by atoms with Crippen molar-refractivity contribution in [2.75, 3.05) is 6.07 Å². The number of halogens is 2. The van der Waals surface area contributed by atoms with Crippen LogP contribution < -0.4 is 11.1 Å². The Bertz CT molecular complexity index is 219. The molecule has 0 aromatic rings. The van der Waals surface area contributed by atoms with E-state index in [4.69, 9.17) is 22.7 Å². The first kappa shape index (κ1) is 10.7. The summed E-state index contributed by atoms with van der Waals surface area (Å²) in [5.41, 5.74) is 4.73. The van der Waals surface area contributed by atoms with Crippen LogP contribution in [0, 0.1) is 5.41 Å². The summed E-state index contributed by atoms with van der Waals surface area (Å²) >= 11 is 5.01. The molecule has 0 heterocycles. The van der Waals surface area contributed by atoms with E-state index in [9.17, 15) is 9.18 Å². The van der Waals surface area contributed by atoms with Gasteiger partial charge in [0.05, 0.1) is 0 Å². The first-order chi connectivity index (χ1) is 5.61. The van der Waals surface area contributed by atoms with Crippen molar-refractivity contribution in [1.29, 1.82) is 5.41 Å². The molecule has 0 aromatic heterocycles. The predicted molar refractivity (Wildman–Crippen MR) is 41.4 cm³/mol. The van der Waals surface area contributed by atoms with Crippen LogP contribution in [0.1, 0.15) is 0 Å². The first-order valence-electron chi connectivity index (χ1n) is 2.78. The highest BCUT2D eigenvalue weighted by Crippen LogP contribution is 1.93. The van der Waals surface area contributed by atoms with Crippen LogP contribution in [0.3, 0.4) is 0 Å². The molecule has 12 heavy (non-hydrogen) atoms. The van der Waals surface area contributed by atoms with Crippen molar-refractivity contribution in [2.45, 2.75) is 0 Å². The molecule has 0 bridgehead atoms. The van der Waals surface area contributed by atoms with Gasteiger partial charge >= 0.3 is 6.09 Å². The fourth-order valence-corrected chi connectivity index (χ4v) is 0.430. The summed E-state index contributed by atoms with van der Waals surface area (Å²) < 4.78 is 16.5. The number of hydrogen-bond acceptors (Lipinski definition) is 4. The van der Waals surface area contributed by atoms with E-state index in [0.29, 0.717) is 6.20 Å². The fourth-order valence-electron chi connectivity index (χ4n) is 0.331. The quantitative estimate of drug-likeness (QED) is 0.344. The molecule has 0 aliphatic carbocycles. The molecule has 5 nitrogen and oxygen atoms in total. The van der Waals surface area contributed by atoms with Crippen LogP contribution in [0.15, 0.2) is 12.0 Å². The van der Waals surface area contributed by atoms with Gasteiger partial charge in [0.2, 0.25) is 0 Å². The smallest absolute Gasteiger partial charge is 0.414 e. The van der Waals surface area contributed by atoms with E-state index in [2.05, 4.69) is 4.74 Å². The minimum absolute atomic E-state index is 0.368. The number of amides is 1. The molecule has 1 amide bonds. The highest BCUT2D eigenvalue weighted by atomic mass is 35.5. The maximum Gasteiger partial charge on any atom is 0.414 e. The maximum atomic E-state index is 12.3. The van der Waals surface area contributed by atoms with Crippen molar-refractivity contribution >= 4 is 23.5 Å². The number of rotatable bonds is 2. The third-order valence-electron chi connectivity index (χ3n) is 0.798. The van der Waals surface area contributed by atoms with E-state index in [1.54, 1.807) is 5.32 Å². The molecule has 0 atom stereocenters. The Balaban J connectivity index is 3.93. The normalized spacial score (nSPS) is 10.7. The lowest BCUT2D eigenvalue weighted by Gasteiger charge is -2.02. The van der Waals surface area contributed by atoms with Gasteiger partial charge in [0.25, 0.3) is 0 Å². The zero-order valence-corrected chi connectivity index (χ0v) is 6.69. The Morgan fingerprint density at radius 2 is 2.42 bits per heavy atom. The Morgan fingerprint density at radius 3 is 2.83 bits per heavy atom. The van der Waals surface area contributed by atoms with Crippen LogP contribution in [-0.4, -0.2) is 18.0 Å². The number of alkyl carbamates (subject to hydrolysis) is 1. The van der Waals surface area contributed by atoms with Crippen LogP contribution >= 0.6 is 11.6 Å². The lowest BCUT2D eigenvalue weighted by molar-refractivity contribution is 0.170. The molecule has 4 N–H and O–H groups in total. The monoisotopic (exact) mass is 195 g/mol. The second-order valence-corrected chi connectivity index (χ2v) is 1.77. The molecule has 0 saturated heterocycles. The first-order valence-corrected chi connectivity index (χ1v) is 3.31. The molecule has 68 valence electrons. The summed E-state index contributed by atoms with van der Waals surface area (Å²) in [4.78, 5) is 10.5. The SMILES string of the molecule is N=C(NC(=O)OCCl)C(F)=CN. The standard InChI is InChI=1S/C5H7ClFN3O2/c6-2-12-5(11)10-4(9)3(7)1-8/h1H,2,8H2,(H2,9,10,11). The largest absolute Gasteiger partial charge is 0.433 e. The van der Waals surface area contributed by atoms with Gasteiger partial charge in [-0.2, -0.15) is 0 Å². The van der Waals surface area contributed by atoms with Crippen molar-refractivity contribution in [3.8, 4) is 0 Å². The Labute approximate surface area is 72.8 Å². The zero-order valence-electron chi connectivity index (χ0n) is 5.93. The number of nitrogens with one attached hydrogen (secondary N) is 2. The van der Waals surface area contributed by atoms with Gasteiger partial charge < -0.3 is 10.5 Å². The summed E-state index contributed by atoms with van der Waals surface area (Å²) in [6.07, 6.45) is -0.462. The van der Waals surface area contributed by atoms with Crippen molar-refractivity contribution in [1.82, 2.24) is 5.32 Å². The van der Waals surface area contributed by atoms with Gasteiger partial charge in [-0.15, -0.1) is 0 Å². The molecule has 0 aliphatic rings. The van der Waals surface area contributed by atoms with Gasteiger partial charge in [0.15, 0.2) is 17.7 Å². The van der Waals surface area contributed by atoms with E-state index in [1.165, 1.54) is 0 Å². The topological polar surface area (TPSA) is 88.2 Å². The highest BCUT2D eigenvalue weighted by Gasteiger charge is 2.08. The second-order valence-electron chi connectivity index (χ2n) is 1.56. The predicted octanol–water partition coefficient (Wildman–Crippen LogP) is 0.656. The average Bonchev–Trinajstić information content (AvgIpc) is 2.03. The van der Waals surface area contributed by atoms with Gasteiger partial charge in [-0.3, -0.25) is 10.7 Å². The Hall–Kier alpha value is -1.30. The Morgan fingerprint density at radius 1 is 1.83 bits per heavy atom. The number of hydrogen-bond donors (Lipinski definition) is 3. The van der Waals surface area contributed by atoms with Crippen molar-refractivity contribution in [3.05, 3.63) is 12.0 Å². The molecule has 0 spiro atoms. The molecule has 0 fully saturated rings. The van der Waals surface area contributed by atoms with Gasteiger partial charge in [-0.05, 0) is 0 Å². The zero-order chi connectivity index (χ0) is 9.56. The summed E-state index contributed by atoms with van der Waals surface area (Å²) in [7, 11) is 0. The minimum Gasteiger partial charge on any atom is -0.433 e. The van der Waals surface area contributed by atoms with Crippen molar-refractivity contribution in [3.63, 3.8) is 0 Å². The number of carbonyl (C=O) groups excluding carboxylic acids is 1. The molecule has 0 unspecified atom stereocenters. The maximum absolute atomic E-state index is 12.3. The molecule has 0 aromatic carbocycles. The van der Waals surface area contributed by atoms with Gasteiger partial charge in [-0.1, -0.05) is 11.6 Å². The third-order valence-corrected chi connectivity index (χ3v) is 0.907. The van der Waals surface area contributed by atoms with E-state index >= 15 is 0 Å². The van der Waals surface area contributed by atoms with E-state index in [1.807, 2.05) is 0 Å². The summed E-state index contributed by atoms with van der Waals surface area (Å²) in [5.74, 6) is -1.82. The van der Waals surface area contributed by atoms with Crippen LogP contribution in [0.25, 0.3) is 0 Å². The molecule has 0 radical (unpaired) electrons. The molecule has 0 saturated carbocycles. The van der Waals surface area contributed by atoms with Crippen LogP contribution in [0.2, 0.25) is 0 Å². The van der Waals surface area contributed by atoms with Crippen LogP contribution in [0.4, 0.5) is 9.18 Å². The fraction of sp³-hybridized carbons (Fsp3) is 0.200. The van der Waals surface area contributed by atoms with Crippen LogP contribution in [0.5, 0.6) is 0 Å². The van der Waals surface area contributed by atoms with Gasteiger partial charge in [0, 0.05) is 6.20 Å². The Kier molecular flexibility index (Phi) is 4.78. The van der Waals surface area contributed by atoms with E-state index in [0.717, 1.165) is 0 Å². The molecule has 7 heteroatoms. The second kappa shape index (κ2) is 5.36. The third kappa shape index (κ3) is 3.77. The summed E-state index contributed by atoms with van der Waals surface area (Å²) in [6.45, 7) is 0. The molecular formula is C5H7ClFN3O2. The van der Waals surface area contributed by atoms with E-state index in [-0.39, 0.29) is 6.07 Å². The van der Waals surface area contributed by atoms with Gasteiger partial charge in [-0.25, -0.2) is 9.18 Å². The minimum atomic E-state index is -1.05. The highest BCUT2D eigenvalue weighted by molar-refractivity contribution is 6.17. The number of nitrogens with two attached hydrogens (primary N) is 1. The average molecular weight is 196 g/mol. The number of amidine groups is 1. The van der Waals surface area contributed by atoms with Crippen molar-refractivity contribution in [2.24, 2.45) is 5.73 Å². The lowest BCUT2D eigenvalue weighted by Crippen LogP contribution is -2.30. The van der Waals surface area contributed by atoms with Crippen molar-refractivity contribution < 1.29 is 13.9 Å². The number of alkyl halides is 1. The summed E-state index contributed by atoms with van der Waals surface area (Å²) in [6, 6.07) is -0.368.